The van der Waals surface area contributed by atoms with Gasteiger partial charge in [-0.05, 0) is 29.2 Å². The van der Waals surface area contributed by atoms with Crippen LogP contribution in [0.5, 0.6) is 0 Å². The first-order valence-electron chi connectivity index (χ1n) is 5.84. The number of allylic oxidation sites excluding steroid dienone is 4. The molecule has 1 aliphatic rings. The molecule has 0 aliphatic heterocycles. The number of hydrogen-bond donors (Lipinski definition) is 0. The largest absolute Gasteiger partial charge is 0.192 e. The minimum atomic E-state index is 0.0281. The molecule has 92 valence electrons. The lowest BCUT2D eigenvalue weighted by atomic mass is 10.0. The number of fused-ring (bicyclic) bond motifs is 1. The van der Waals surface area contributed by atoms with E-state index < -0.39 is 0 Å². The summed E-state index contributed by atoms with van der Waals surface area (Å²) in [5.41, 5.74) is 3.75. The molecule has 0 saturated carbocycles. The standard InChI is InChI=1S/C16H8N4/c1-10-2-3-13-14(11(6-17)7-18)5-15(16(13)4-10)12(8-19)9-20/h2-4H,5H2,1H3. The van der Waals surface area contributed by atoms with E-state index in [-0.39, 0.29) is 17.6 Å². The lowest BCUT2D eigenvalue weighted by Gasteiger charge is -2.02. The quantitative estimate of drug-likeness (QED) is 0.666. The van der Waals surface area contributed by atoms with Crippen molar-refractivity contribution < 1.29 is 0 Å². The van der Waals surface area contributed by atoms with Gasteiger partial charge in [-0.25, -0.2) is 0 Å². The molecule has 20 heavy (non-hydrogen) atoms. The maximum atomic E-state index is 9.04. The first kappa shape index (κ1) is 13.1. The van der Waals surface area contributed by atoms with Crippen LogP contribution in [0.4, 0.5) is 0 Å². The van der Waals surface area contributed by atoms with Gasteiger partial charge in [0, 0.05) is 6.42 Å². The topological polar surface area (TPSA) is 95.2 Å². The van der Waals surface area contributed by atoms with Gasteiger partial charge in [0.05, 0.1) is 0 Å². The molecule has 1 aromatic rings. The maximum absolute atomic E-state index is 9.04. The second kappa shape index (κ2) is 5.11. The zero-order chi connectivity index (χ0) is 14.7. The summed E-state index contributed by atoms with van der Waals surface area (Å²) >= 11 is 0. The fourth-order valence-electron chi connectivity index (χ4n) is 2.30. The molecule has 0 amide bonds. The summed E-state index contributed by atoms with van der Waals surface area (Å²) in [6.45, 7) is 1.91. The number of hydrogen-bond acceptors (Lipinski definition) is 4. The highest BCUT2D eigenvalue weighted by atomic mass is 14.4. The van der Waals surface area contributed by atoms with Crippen molar-refractivity contribution in [3.8, 4) is 24.3 Å². The van der Waals surface area contributed by atoms with Gasteiger partial charge in [-0.2, -0.15) is 21.0 Å². The molecule has 0 heterocycles. The normalized spacial score (nSPS) is 11.7. The van der Waals surface area contributed by atoms with Gasteiger partial charge in [0.25, 0.3) is 0 Å². The van der Waals surface area contributed by atoms with Crippen LogP contribution in [-0.2, 0) is 0 Å². The van der Waals surface area contributed by atoms with E-state index in [0.717, 1.165) is 16.7 Å². The molecular formula is C16H8N4. The molecule has 0 spiro atoms. The zero-order valence-corrected chi connectivity index (χ0v) is 10.7. The maximum Gasteiger partial charge on any atom is 0.133 e. The van der Waals surface area contributed by atoms with Crippen LogP contribution in [0.2, 0.25) is 0 Å². The lowest BCUT2D eigenvalue weighted by Crippen LogP contribution is -1.86. The Morgan fingerprint density at radius 1 is 0.850 bits per heavy atom. The monoisotopic (exact) mass is 256 g/mol. The van der Waals surface area contributed by atoms with Crippen LogP contribution in [-0.4, -0.2) is 0 Å². The highest BCUT2D eigenvalue weighted by Crippen LogP contribution is 2.43. The van der Waals surface area contributed by atoms with Crippen molar-refractivity contribution in [2.75, 3.05) is 0 Å². The van der Waals surface area contributed by atoms with Gasteiger partial charge < -0.3 is 0 Å². The van der Waals surface area contributed by atoms with Crippen molar-refractivity contribution in [3.05, 3.63) is 46.0 Å². The average Bonchev–Trinajstić information content (AvgIpc) is 2.81. The van der Waals surface area contributed by atoms with Crippen molar-refractivity contribution in [2.24, 2.45) is 0 Å². The van der Waals surface area contributed by atoms with Crippen LogP contribution in [0.3, 0.4) is 0 Å². The smallest absolute Gasteiger partial charge is 0.133 e. The first-order valence-corrected chi connectivity index (χ1v) is 5.84. The fourth-order valence-corrected chi connectivity index (χ4v) is 2.30. The summed E-state index contributed by atoms with van der Waals surface area (Å²) < 4.78 is 0. The van der Waals surface area contributed by atoms with E-state index in [2.05, 4.69) is 0 Å². The van der Waals surface area contributed by atoms with E-state index in [1.54, 1.807) is 0 Å². The molecule has 4 nitrogen and oxygen atoms in total. The van der Waals surface area contributed by atoms with Gasteiger partial charge in [0.15, 0.2) is 0 Å². The van der Waals surface area contributed by atoms with Crippen molar-refractivity contribution in [2.45, 2.75) is 13.3 Å². The fraction of sp³-hybridized carbons (Fsp3) is 0.125. The Hall–Kier alpha value is -3.34. The molecule has 1 aliphatic carbocycles. The highest BCUT2D eigenvalue weighted by molar-refractivity contribution is 5.98. The van der Waals surface area contributed by atoms with Crippen molar-refractivity contribution in [3.63, 3.8) is 0 Å². The Kier molecular flexibility index (Phi) is 3.35. The van der Waals surface area contributed by atoms with Crippen LogP contribution in [0.25, 0.3) is 11.1 Å². The van der Waals surface area contributed by atoms with E-state index in [4.69, 9.17) is 21.0 Å². The molecular weight excluding hydrogens is 248 g/mol. The molecule has 4 heteroatoms. The minimum Gasteiger partial charge on any atom is -0.192 e. The van der Waals surface area contributed by atoms with Gasteiger partial charge >= 0.3 is 0 Å². The van der Waals surface area contributed by atoms with Crippen LogP contribution in [0.1, 0.15) is 23.1 Å². The minimum absolute atomic E-state index is 0.0281. The van der Waals surface area contributed by atoms with Gasteiger partial charge in [0.1, 0.15) is 35.4 Å². The van der Waals surface area contributed by atoms with E-state index in [0.29, 0.717) is 11.1 Å². The number of rotatable bonds is 0. The summed E-state index contributed by atoms with van der Waals surface area (Å²) in [6, 6.07) is 13.1. The Labute approximate surface area is 116 Å². The van der Waals surface area contributed by atoms with Crippen molar-refractivity contribution >= 4 is 11.1 Å². The molecule has 0 bridgehead atoms. The van der Waals surface area contributed by atoms with Crippen LogP contribution in [0, 0.1) is 52.2 Å². The van der Waals surface area contributed by atoms with E-state index in [9.17, 15) is 0 Å². The van der Waals surface area contributed by atoms with Crippen molar-refractivity contribution in [1.82, 2.24) is 0 Å². The average molecular weight is 256 g/mol. The zero-order valence-electron chi connectivity index (χ0n) is 10.7. The van der Waals surface area contributed by atoms with E-state index in [1.165, 1.54) is 0 Å². The Bertz CT molecular complexity index is 795. The van der Waals surface area contributed by atoms with Gasteiger partial charge in [-0.3, -0.25) is 0 Å². The summed E-state index contributed by atoms with van der Waals surface area (Å²) in [4.78, 5) is 0. The molecule has 0 radical (unpaired) electrons. The first-order chi connectivity index (χ1) is 9.65. The summed E-state index contributed by atoms with van der Waals surface area (Å²) in [6.07, 6.45) is 0.270. The third-order valence-corrected chi connectivity index (χ3v) is 3.23. The number of nitrogens with zero attached hydrogens (tertiary/aromatic N) is 4. The highest BCUT2D eigenvalue weighted by Gasteiger charge is 2.26. The molecule has 0 fully saturated rings. The van der Waals surface area contributed by atoms with Crippen LogP contribution >= 0.6 is 0 Å². The van der Waals surface area contributed by atoms with Gasteiger partial charge in [0.2, 0.25) is 0 Å². The number of benzene rings is 1. The van der Waals surface area contributed by atoms with Gasteiger partial charge in [-0.15, -0.1) is 0 Å². The SMILES string of the molecule is Cc1ccc2c(c1)C(=C(C#N)C#N)CC2=C(C#N)C#N. The lowest BCUT2D eigenvalue weighted by molar-refractivity contribution is 1.40. The summed E-state index contributed by atoms with van der Waals surface area (Å²) in [7, 11) is 0. The van der Waals surface area contributed by atoms with Crippen molar-refractivity contribution in [1.29, 1.82) is 21.0 Å². The van der Waals surface area contributed by atoms with E-state index >= 15 is 0 Å². The Balaban J connectivity index is 2.86. The Morgan fingerprint density at radius 3 is 1.85 bits per heavy atom. The second-order valence-corrected chi connectivity index (χ2v) is 4.38. The predicted octanol–water partition coefficient (Wildman–Crippen LogP) is 3.00. The molecule has 0 N–H and O–H groups in total. The molecule has 0 saturated heterocycles. The van der Waals surface area contributed by atoms with Gasteiger partial charge in [-0.1, -0.05) is 23.8 Å². The Morgan fingerprint density at radius 2 is 1.35 bits per heavy atom. The summed E-state index contributed by atoms with van der Waals surface area (Å²) in [5, 5.41) is 36.1. The van der Waals surface area contributed by atoms with E-state index in [1.807, 2.05) is 49.4 Å². The molecule has 1 aromatic carbocycles. The third kappa shape index (κ3) is 1.93. The molecule has 0 aromatic heterocycles. The summed E-state index contributed by atoms with van der Waals surface area (Å²) in [5.74, 6) is 0. The van der Waals surface area contributed by atoms with Crippen LogP contribution < -0.4 is 0 Å². The molecule has 2 rings (SSSR count). The second-order valence-electron chi connectivity index (χ2n) is 4.38. The van der Waals surface area contributed by atoms with Crippen LogP contribution in [0.15, 0.2) is 29.3 Å². The number of aryl methyl sites for hydroxylation is 1. The molecule has 0 atom stereocenters. The molecule has 0 unspecified atom stereocenters. The third-order valence-electron chi connectivity index (χ3n) is 3.23. The number of nitriles is 4. The predicted molar refractivity (Wildman–Crippen MR) is 72.1 cm³/mol.